The number of para-hydroxylation sites is 2. The monoisotopic (exact) mass is 398 g/mol. The highest BCUT2D eigenvalue weighted by Gasteiger charge is 2.28. The third-order valence-electron chi connectivity index (χ3n) is 5.00. The number of ether oxygens (including phenoxy) is 2. The third-order valence-corrected chi connectivity index (χ3v) is 5.00. The van der Waals surface area contributed by atoms with E-state index in [0.29, 0.717) is 34.5 Å². The highest BCUT2D eigenvalue weighted by molar-refractivity contribution is 6.02. The first-order chi connectivity index (χ1) is 14.0. The Hall–Kier alpha value is -3.26. The van der Waals surface area contributed by atoms with Gasteiger partial charge in [0.1, 0.15) is 11.5 Å². The van der Waals surface area contributed by atoms with Crippen LogP contribution in [0.1, 0.15) is 6.92 Å². The van der Waals surface area contributed by atoms with Crippen molar-refractivity contribution >= 4 is 29.0 Å². The SMILES string of the molecule is COc1ccccc1NC(=O)Nc1cc(NC(=O)C(C)C2CNC2)ccc1OC. The fourth-order valence-electron chi connectivity index (χ4n) is 3.04. The van der Waals surface area contributed by atoms with Crippen molar-refractivity contribution < 1.29 is 19.1 Å². The van der Waals surface area contributed by atoms with Crippen molar-refractivity contribution in [2.75, 3.05) is 43.3 Å². The van der Waals surface area contributed by atoms with Crippen LogP contribution in [0.4, 0.5) is 21.9 Å². The minimum atomic E-state index is -0.454. The molecule has 1 unspecified atom stereocenters. The van der Waals surface area contributed by atoms with Gasteiger partial charge in [0, 0.05) is 11.6 Å². The number of rotatable bonds is 7. The van der Waals surface area contributed by atoms with Gasteiger partial charge in [-0.2, -0.15) is 0 Å². The normalized spacial score (nSPS) is 14.3. The van der Waals surface area contributed by atoms with E-state index in [2.05, 4.69) is 21.3 Å². The summed E-state index contributed by atoms with van der Waals surface area (Å²) in [5.74, 6) is 1.23. The predicted octanol–water partition coefficient (Wildman–Crippen LogP) is 3.14. The fraction of sp³-hybridized carbons (Fsp3) is 0.333. The summed E-state index contributed by atoms with van der Waals surface area (Å²) >= 11 is 0. The Balaban J connectivity index is 1.69. The summed E-state index contributed by atoms with van der Waals surface area (Å²) in [5.41, 5.74) is 1.57. The minimum absolute atomic E-state index is 0.0499. The Morgan fingerprint density at radius 2 is 1.62 bits per heavy atom. The molecule has 0 aromatic heterocycles. The molecule has 3 rings (SSSR count). The van der Waals surface area contributed by atoms with Gasteiger partial charge in [-0.3, -0.25) is 4.79 Å². The second-order valence-electron chi connectivity index (χ2n) is 6.89. The van der Waals surface area contributed by atoms with E-state index in [0.717, 1.165) is 13.1 Å². The van der Waals surface area contributed by atoms with E-state index in [9.17, 15) is 9.59 Å². The van der Waals surface area contributed by atoms with Crippen LogP contribution in [0.25, 0.3) is 0 Å². The van der Waals surface area contributed by atoms with E-state index in [1.54, 1.807) is 36.4 Å². The number of methoxy groups -OCH3 is 2. The van der Waals surface area contributed by atoms with Crippen LogP contribution >= 0.6 is 0 Å². The molecule has 154 valence electrons. The third kappa shape index (κ3) is 4.97. The molecule has 1 atom stereocenters. The molecule has 0 aliphatic carbocycles. The number of anilines is 3. The van der Waals surface area contributed by atoms with Crippen LogP contribution in [0.3, 0.4) is 0 Å². The Morgan fingerprint density at radius 3 is 2.28 bits per heavy atom. The molecular weight excluding hydrogens is 372 g/mol. The van der Waals surface area contributed by atoms with Gasteiger partial charge < -0.3 is 30.7 Å². The topological polar surface area (TPSA) is 101 Å². The highest BCUT2D eigenvalue weighted by atomic mass is 16.5. The predicted molar refractivity (Wildman–Crippen MR) is 113 cm³/mol. The van der Waals surface area contributed by atoms with Crippen LogP contribution in [-0.4, -0.2) is 39.2 Å². The molecule has 4 N–H and O–H groups in total. The van der Waals surface area contributed by atoms with E-state index in [-0.39, 0.29) is 11.8 Å². The fourth-order valence-corrected chi connectivity index (χ4v) is 3.04. The molecule has 0 bridgehead atoms. The molecule has 1 fully saturated rings. The zero-order valence-corrected chi connectivity index (χ0v) is 16.7. The lowest BCUT2D eigenvalue weighted by Crippen LogP contribution is -2.48. The van der Waals surface area contributed by atoms with Crippen molar-refractivity contribution in [3.8, 4) is 11.5 Å². The Bertz CT molecular complexity index is 883. The molecule has 1 aliphatic heterocycles. The number of urea groups is 1. The van der Waals surface area contributed by atoms with Gasteiger partial charge in [0.2, 0.25) is 5.91 Å². The van der Waals surface area contributed by atoms with Crippen LogP contribution in [-0.2, 0) is 4.79 Å². The van der Waals surface area contributed by atoms with E-state index in [4.69, 9.17) is 9.47 Å². The summed E-state index contributed by atoms with van der Waals surface area (Å²) in [6.07, 6.45) is 0. The minimum Gasteiger partial charge on any atom is -0.495 e. The lowest BCUT2D eigenvalue weighted by atomic mass is 9.88. The number of hydrogen-bond acceptors (Lipinski definition) is 5. The molecule has 8 heteroatoms. The van der Waals surface area contributed by atoms with E-state index < -0.39 is 6.03 Å². The summed E-state index contributed by atoms with van der Waals surface area (Å²) in [5, 5.41) is 11.6. The van der Waals surface area contributed by atoms with Crippen molar-refractivity contribution in [2.45, 2.75) is 6.92 Å². The van der Waals surface area contributed by atoms with Gasteiger partial charge >= 0.3 is 6.03 Å². The van der Waals surface area contributed by atoms with Crippen LogP contribution < -0.4 is 30.7 Å². The van der Waals surface area contributed by atoms with E-state index in [1.165, 1.54) is 14.2 Å². The first-order valence-corrected chi connectivity index (χ1v) is 9.42. The van der Waals surface area contributed by atoms with Gasteiger partial charge in [-0.25, -0.2) is 4.79 Å². The Labute approximate surface area is 170 Å². The number of nitrogens with one attached hydrogen (secondary N) is 4. The smallest absolute Gasteiger partial charge is 0.323 e. The summed E-state index contributed by atoms with van der Waals surface area (Å²) in [4.78, 5) is 24.9. The molecule has 0 spiro atoms. The van der Waals surface area contributed by atoms with Gasteiger partial charge in [-0.05, 0) is 49.3 Å². The number of carbonyl (C=O) groups is 2. The summed E-state index contributed by atoms with van der Waals surface area (Å²) in [6, 6.07) is 11.8. The number of carbonyl (C=O) groups excluding carboxylic acids is 2. The first kappa shape index (κ1) is 20.5. The highest BCUT2D eigenvalue weighted by Crippen LogP contribution is 2.29. The molecule has 0 saturated carbocycles. The van der Waals surface area contributed by atoms with Crippen LogP contribution in [0.5, 0.6) is 11.5 Å². The lowest BCUT2D eigenvalue weighted by molar-refractivity contribution is -0.121. The van der Waals surface area contributed by atoms with Crippen LogP contribution in [0.15, 0.2) is 42.5 Å². The molecule has 0 radical (unpaired) electrons. The van der Waals surface area contributed by atoms with Gasteiger partial charge in [-0.15, -0.1) is 0 Å². The molecule has 3 amide bonds. The summed E-state index contributed by atoms with van der Waals surface area (Å²) in [6.45, 7) is 3.63. The zero-order valence-electron chi connectivity index (χ0n) is 16.7. The van der Waals surface area contributed by atoms with E-state index in [1.807, 2.05) is 13.0 Å². The maximum atomic E-state index is 12.5. The molecule has 1 saturated heterocycles. The summed E-state index contributed by atoms with van der Waals surface area (Å²) < 4.78 is 10.6. The molecule has 1 aliphatic rings. The number of hydrogen-bond donors (Lipinski definition) is 4. The Morgan fingerprint density at radius 1 is 0.966 bits per heavy atom. The molecule has 8 nitrogen and oxygen atoms in total. The van der Waals surface area contributed by atoms with Crippen LogP contribution in [0.2, 0.25) is 0 Å². The zero-order chi connectivity index (χ0) is 20.8. The second kappa shape index (κ2) is 9.29. The Kier molecular flexibility index (Phi) is 6.56. The molecule has 29 heavy (non-hydrogen) atoms. The van der Waals surface area contributed by atoms with Crippen molar-refractivity contribution in [1.82, 2.24) is 5.32 Å². The van der Waals surface area contributed by atoms with Crippen molar-refractivity contribution in [1.29, 1.82) is 0 Å². The van der Waals surface area contributed by atoms with Gasteiger partial charge in [-0.1, -0.05) is 19.1 Å². The van der Waals surface area contributed by atoms with E-state index >= 15 is 0 Å². The van der Waals surface area contributed by atoms with Gasteiger partial charge in [0.25, 0.3) is 0 Å². The van der Waals surface area contributed by atoms with Crippen molar-refractivity contribution in [3.05, 3.63) is 42.5 Å². The molecule has 1 heterocycles. The van der Waals surface area contributed by atoms with Gasteiger partial charge in [0.05, 0.1) is 25.6 Å². The first-order valence-electron chi connectivity index (χ1n) is 9.42. The van der Waals surface area contributed by atoms with Crippen molar-refractivity contribution in [3.63, 3.8) is 0 Å². The van der Waals surface area contributed by atoms with Gasteiger partial charge in [0.15, 0.2) is 0 Å². The lowest BCUT2D eigenvalue weighted by Gasteiger charge is -2.31. The molecule has 2 aromatic rings. The quantitative estimate of drug-likeness (QED) is 0.574. The van der Waals surface area contributed by atoms with Crippen molar-refractivity contribution in [2.24, 2.45) is 11.8 Å². The number of amides is 3. The maximum Gasteiger partial charge on any atom is 0.323 e. The second-order valence-corrected chi connectivity index (χ2v) is 6.89. The molecular formula is C21H26N4O4. The summed E-state index contributed by atoms with van der Waals surface area (Å²) in [7, 11) is 3.05. The standard InChI is InChI=1S/C21H26N4O4/c1-13(14-11-22-12-14)20(26)23-15-8-9-19(29-3)17(10-15)25-21(27)24-16-6-4-5-7-18(16)28-2/h4-10,13-14,22H,11-12H2,1-3H3,(H,23,26)(H2,24,25,27). The number of benzene rings is 2. The van der Waals surface area contributed by atoms with Crippen LogP contribution in [0, 0.1) is 11.8 Å². The average molecular weight is 398 g/mol. The maximum absolute atomic E-state index is 12.5. The molecule has 2 aromatic carbocycles. The average Bonchev–Trinajstić information content (AvgIpc) is 2.67. The largest absolute Gasteiger partial charge is 0.495 e.